The average molecular weight is 362 g/mol. The van der Waals surface area contributed by atoms with Crippen molar-refractivity contribution in [2.75, 3.05) is 0 Å². The van der Waals surface area contributed by atoms with Gasteiger partial charge < -0.3 is 0 Å². The van der Waals surface area contributed by atoms with Gasteiger partial charge in [-0.25, -0.2) is 0 Å². The van der Waals surface area contributed by atoms with Crippen molar-refractivity contribution in [2.45, 2.75) is 20.4 Å². The molecule has 19 heavy (non-hydrogen) atoms. The molecule has 2 aromatic carbocycles. The van der Waals surface area contributed by atoms with Crippen LogP contribution in [0.4, 0.5) is 0 Å². The van der Waals surface area contributed by atoms with Crippen molar-refractivity contribution >= 4 is 33.5 Å². The van der Waals surface area contributed by atoms with Gasteiger partial charge in [0.05, 0.1) is 18.3 Å². The number of aryl methyl sites for hydroxylation is 2. The first-order valence-electron chi connectivity index (χ1n) is 6.31. The summed E-state index contributed by atoms with van der Waals surface area (Å²) in [7, 11) is 0. The molecule has 1 heterocycles. The Morgan fingerprint density at radius 1 is 1.11 bits per heavy atom. The second kappa shape index (κ2) is 4.96. The molecule has 96 valence electrons. The molecule has 0 unspecified atom stereocenters. The summed E-state index contributed by atoms with van der Waals surface area (Å²) in [5.74, 6) is 0. The van der Waals surface area contributed by atoms with Gasteiger partial charge in [0.1, 0.15) is 0 Å². The quantitative estimate of drug-likeness (QED) is 0.622. The highest BCUT2D eigenvalue weighted by atomic mass is 127. The van der Waals surface area contributed by atoms with E-state index in [1.807, 2.05) is 6.20 Å². The third-order valence-electron chi connectivity index (χ3n) is 3.43. The molecule has 0 bridgehead atoms. The van der Waals surface area contributed by atoms with E-state index in [0.717, 1.165) is 6.54 Å². The fourth-order valence-corrected chi connectivity index (χ4v) is 2.78. The standard InChI is InChI=1S/C16H15IN2/c1-11-3-4-12(2)14(7-11)10-19-16-8-15(17)6-5-13(16)9-18-19/h3-9H,10H2,1-2H3. The van der Waals surface area contributed by atoms with E-state index < -0.39 is 0 Å². The lowest BCUT2D eigenvalue weighted by Gasteiger charge is -2.08. The van der Waals surface area contributed by atoms with Gasteiger partial charge >= 0.3 is 0 Å². The number of halogens is 1. The highest BCUT2D eigenvalue weighted by Gasteiger charge is 2.06. The van der Waals surface area contributed by atoms with Crippen LogP contribution in [0.5, 0.6) is 0 Å². The van der Waals surface area contributed by atoms with Crippen LogP contribution < -0.4 is 0 Å². The van der Waals surface area contributed by atoms with Crippen LogP contribution in [-0.4, -0.2) is 9.78 Å². The van der Waals surface area contributed by atoms with Crippen molar-refractivity contribution in [1.29, 1.82) is 0 Å². The van der Waals surface area contributed by atoms with Crippen molar-refractivity contribution in [2.24, 2.45) is 0 Å². The van der Waals surface area contributed by atoms with Crippen LogP contribution >= 0.6 is 22.6 Å². The molecule has 1 aromatic heterocycles. The van der Waals surface area contributed by atoms with Gasteiger partial charge in [-0.3, -0.25) is 4.68 Å². The normalized spacial score (nSPS) is 11.1. The monoisotopic (exact) mass is 362 g/mol. The van der Waals surface area contributed by atoms with Crippen molar-refractivity contribution in [3.63, 3.8) is 0 Å². The third-order valence-corrected chi connectivity index (χ3v) is 4.10. The van der Waals surface area contributed by atoms with Crippen molar-refractivity contribution in [1.82, 2.24) is 9.78 Å². The minimum Gasteiger partial charge on any atom is -0.260 e. The number of nitrogens with zero attached hydrogens (tertiary/aromatic N) is 2. The second-order valence-electron chi connectivity index (χ2n) is 4.94. The summed E-state index contributed by atoms with van der Waals surface area (Å²) in [4.78, 5) is 0. The van der Waals surface area contributed by atoms with E-state index in [1.165, 1.54) is 31.2 Å². The Morgan fingerprint density at radius 2 is 1.95 bits per heavy atom. The van der Waals surface area contributed by atoms with Crippen molar-refractivity contribution < 1.29 is 0 Å². The molecule has 0 aliphatic rings. The number of hydrogen-bond acceptors (Lipinski definition) is 1. The van der Waals surface area contributed by atoms with Crippen LogP contribution in [0.1, 0.15) is 16.7 Å². The number of fused-ring (bicyclic) bond motifs is 1. The molecule has 0 amide bonds. The van der Waals surface area contributed by atoms with Crippen molar-refractivity contribution in [3.05, 3.63) is 62.9 Å². The maximum absolute atomic E-state index is 4.52. The molecule has 3 heteroatoms. The summed E-state index contributed by atoms with van der Waals surface area (Å²) in [5, 5.41) is 5.72. The molecule has 0 aliphatic heterocycles. The van der Waals surface area contributed by atoms with E-state index in [9.17, 15) is 0 Å². The number of benzene rings is 2. The van der Waals surface area contributed by atoms with Crippen LogP contribution in [0.15, 0.2) is 42.6 Å². The predicted molar refractivity (Wildman–Crippen MR) is 87.5 cm³/mol. The average Bonchev–Trinajstić information content (AvgIpc) is 2.77. The van der Waals surface area contributed by atoms with E-state index in [0.29, 0.717) is 0 Å². The number of aromatic nitrogens is 2. The first-order chi connectivity index (χ1) is 9.13. The Bertz CT molecular complexity index is 744. The fourth-order valence-electron chi connectivity index (χ4n) is 2.30. The van der Waals surface area contributed by atoms with Crippen LogP contribution in [0.25, 0.3) is 10.9 Å². The van der Waals surface area contributed by atoms with E-state index in [2.05, 4.69) is 82.6 Å². The maximum atomic E-state index is 4.52. The summed E-state index contributed by atoms with van der Waals surface area (Å²) >= 11 is 2.34. The zero-order valence-corrected chi connectivity index (χ0v) is 13.2. The van der Waals surface area contributed by atoms with Crippen LogP contribution in [0.2, 0.25) is 0 Å². The zero-order chi connectivity index (χ0) is 13.4. The maximum Gasteiger partial charge on any atom is 0.0696 e. The summed E-state index contributed by atoms with van der Waals surface area (Å²) in [6, 6.07) is 13.0. The van der Waals surface area contributed by atoms with Crippen LogP contribution in [-0.2, 0) is 6.54 Å². The Morgan fingerprint density at radius 3 is 2.79 bits per heavy atom. The Kier molecular flexibility index (Phi) is 3.31. The fraction of sp³-hybridized carbons (Fsp3) is 0.188. The van der Waals surface area contributed by atoms with Crippen molar-refractivity contribution in [3.8, 4) is 0 Å². The first kappa shape index (κ1) is 12.7. The summed E-state index contributed by atoms with van der Waals surface area (Å²) < 4.78 is 3.33. The highest BCUT2D eigenvalue weighted by Crippen LogP contribution is 2.19. The third kappa shape index (κ3) is 2.52. The van der Waals surface area contributed by atoms with E-state index >= 15 is 0 Å². The van der Waals surface area contributed by atoms with E-state index in [-0.39, 0.29) is 0 Å². The van der Waals surface area contributed by atoms with Gasteiger partial charge in [0, 0.05) is 8.96 Å². The van der Waals surface area contributed by atoms with E-state index in [1.54, 1.807) is 0 Å². The van der Waals surface area contributed by atoms with Gasteiger partial charge in [-0.15, -0.1) is 0 Å². The molecule has 0 spiro atoms. The Hall–Kier alpha value is -1.36. The summed E-state index contributed by atoms with van der Waals surface area (Å²) in [5.41, 5.74) is 5.16. The molecule has 0 aliphatic carbocycles. The highest BCUT2D eigenvalue weighted by molar-refractivity contribution is 14.1. The topological polar surface area (TPSA) is 17.8 Å². The molecule has 0 fully saturated rings. The van der Waals surface area contributed by atoms with Gasteiger partial charge in [0.25, 0.3) is 0 Å². The first-order valence-corrected chi connectivity index (χ1v) is 7.38. The SMILES string of the molecule is Cc1ccc(C)c(Cn2ncc3ccc(I)cc32)c1. The molecular formula is C16H15IN2. The lowest BCUT2D eigenvalue weighted by molar-refractivity contribution is 0.708. The molecule has 3 aromatic rings. The zero-order valence-electron chi connectivity index (χ0n) is 11.0. The van der Waals surface area contributed by atoms with Crippen LogP contribution in [0, 0.1) is 17.4 Å². The number of hydrogen-bond donors (Lipinski definition) is 0. The lowest BCUT2D eigenvalue weighted by atomic mass is 10.1. The molecule has 2 nitrogen and oxygen atoms in total. The molecule has 0 N–H and O–H groups in total. The minimum atomic E-state index is 0.830. The van der Waals surface area contributed by atoms with Gasteiger partial charge in [-0.2, -0.15) is 5.10 Å². The molecule has 0 saturated heterocycles. The smallest absolute Gasteiger partial charge is 0.0696 e. The lowest BCUT2D eigenvalue weighted by Crippen LogP contribution is -2.03. The predicted octanol–water partition coefficient (Wildman–Crippen LogP) is 4.31. The summed E-state index contributed by atoms with van der Waals surface area (Å²) in [6.07, 6.45) is 1.94. The Balaban J connectivity index is 2.05. The second-order valence-corrected chi connectivity index (χ2v) is 6.18. The summed E-state index contributed by atoms with van der Waals surface area (Å²) in [6.45, 7) is 5.12. The molecule has 0 saturated carbocycles. The minimum absolute atomic E-state index is 0.830. The molecular weight excluding hydrogens is 347 g/mol. The van der Waals surface area contributed by atoms with Gasteiger partial charge in [0.2, 0.25) is 0 Å². The molecule has 0 atom stereocenters. The number of rotatable bonds is 2. The van der Waals surface area contributed by atoms with Crippen LogP contribution in [0.3, 0.4) is 0 Å². The van der Waals surface area contributed by atoms with Gasteiger partial charge in [0.15, 0.2) is 0 Å². The van der Waals surface area contributed by atoms with E-state index in [4.69, 9.17) is 0 Å². The van der Waals surface area contributed by atoms with Gasteiger partial charge in [-0.05, 0) is 59.7 Å². The van der Waals surface area contributed by atoms with Gasteiger partial charge in [-0.1, -0.05) is 29.8 Å². The Labute approximate surface area is 126 Å². The molecule has 0 radical (unpaired) electrons. The largest absolute Gasteiger partial charge is 0.260 e. The molecule has 3 rings (SSSR count).